The molecule has 0 aliphatic heterocycles. The van der Waals surface area contributed by atoms with Gasteiger partial charge in [0.1, 0.15) is 12.4 Å². The highest BCUT2D eigenvalue weighted by Crippen LogP contribution is 2.45. The molecule has 0 saturated heterocycles. The van der Waals surface area contributed by atoms with Gasteiger partial charge in [-0.05, 0) is 28.1 Å². The maximum atomic E-state index is 13.7. The number of halogens is 9. The van der Waals surface area contributed by atoms with Crippen LogP contribution in [0.3, 0.4) is 0 Å². The Morgan fingerprint density at radius 2 is 1.75 bits per heavy atom. The molecule has 0 saturated carbocycles. The Labute approximate surface area is 182 Å². The molecule has 0 heterocycles. The van der Waals surface area contributed by atoms with Crippen molar-refractivity contribution in [3.05, 3.63) is 67.9 Å². The molecule has 0 atom stereocenters. The number of ether oxygens (including phenoxy) is 1. The van der Waals surface area contributed by atoms with Gasteiger partial charge in [-0.15, -0.1) is 0 Å². The highest BCUT2D eigenvalue weighted by molar-refractivity contribution is 9.10. The predicted molar refractivity (Wildman–Crippen MR) is 98.2 cm³/mol. The van der Waals surface area contributed by atoms with Gasteiger partial charge in [0.05, 0.1) is 15.6 Å². The zero-order chi connectivity index (χ0) is 24.3. The SMILES string of the molecule is O=[N+]([O-])c1cc(/C=N\NC(F)(F)C(F)(F)C(F)(F)F)cc(Br)c1OCc1ccccc1F. The Bertz CT molecular complexity index is 1030. The number of nitrogens with one attached hydrogen (secondary N) is 1. The summed E-state index contributed by atoms with van der Waals surface area (Å²) in [6, 6.07) is 1.35. The van der Waals surface area contributed by atoms with Crippen molar-refractivity contribution in [3.8, 4) is 5.75 Å². The number of benzene rings is 2. The van der Waals surface area contributed by atoms with Gasteiger partial charge in [-0.3, -0.25) is 10.1 Å². The van der Waals surface area contributed by atoms with Gasteiger partial charge in [0, 0.05) is 17.2 Å². The number of hydrogen-bond donors (Lipinski definition) is 1. The lowest BCUT2D eigenvalue weighted by Crippen LogP contribution is -2.58. The topological polar surface area (TPSA) is 76.8 Å². The third-order valence-corrected chi connectivity index (χ3v) is 4.33. The van der Waals surface area contributed by atoms with Crippen LogP contribution in [0.25, 0.3) is 0 Å². The van der Waals surface area contributed by atoms with Crippen LogP contribution in [0.5, 0.6) is 5.75 Å². The van der Waals surface area contributed by atoms with Crippen molar-refractivity contribution in [1.29, 1.82) is 0 Å². The summed E-state index contributed by atoms with van der Waals surface area (Å²) in [5, 5.41) is 13.9. The van der Waals surface area contributed by atoms with Crippen LogP contribution in [0.4, 0.5) is 40.8 Å². The second kappa shape index (κ2) is 9.26. The second-order valence-electron chi connectivity index (χ2n) is 6.00. The molecule has 174 valence electrons. The summed E-state index contributed by atoms with van der Waals surface area (Å²) in [5.74, 6) is -7.45. The van der Waals surface area contributed by atoms with Crippen LogP contribution in [0.2, 0.25) is 0 Å². The van der Waals surface area contributed by atoms with E-state index in [1.165, 1.54) is 18.2 Å². The third-order valence-electron chi connectivity index (χ3n) is 3.74. The predicted octanol–water partition coefficient (Wildman–Crippen LogP) is 5.79. The van der Waals surface area contributed by atoms with Crippen molar-refractivity contribution < 1.29 is 44.8 Å². The quantitative estimate of drug-likeness (QED) is 0.153. The fourth-order valence-electron chi connectivity index (χ4n) is 2.15. The van der Waals surface area contributed by atoms with Crippen LogP contribution < -0.4 is 10.2 Å². The standard InChI is InChI=1S/C17H10BrF8N3O3/c18-11-5-9(7-27-28-17(25,26)15(20,21)16(22,23)24)6-13(29(30)31)14(11)32-8-10-3-1-2-4-12(10)19/h1-7,28H,8H2/b27-7-. The molecule has 0 unspecified atom stereocenters. The van der Waals surface area contributed by atoms with E-state index in [9.17, 15) is 45.2 Å². The molecule has 0 aliphatic rings. The smallest absolute Gasteiger partial charge is 0.462 e. The first-order valence-corrected chi connectivity index (χ1v) is 8.93. The molecular formula is C17H10BrF8N3O3. The Balaban J connectivity index is 2.26. The molecule has 15 heteroatoms. The van der Waals surface area contributed by atoms with Crippen molar-refractivity contribution in [2.24, 2.45) is 5.10 Å². The fraction of sp³-hybridized carbons (Fsp3) is 0.235. The van der Waals surface area contributed by atoms with Crippen molar-refractivity contribution in [3.63, 3.8) is 0 Å². The zero-order valence-corrected chi connectivity index (χ0v) is 16.9. The Morgan fingerprint density at radius 1 is 1.12 bits per heavy atom. The van der Waals surface area contributed by atoms with Crippen LogP contribution in [-0.4, -0.2) is 29.3 Å². The van der Waals surface area contributed by atoms with Gasteiger partial charge in [-0.25, -0.2) is 9.82 Å². The lowest BCUT2D eigenvalue weighted by atomic mass is 10.2. The summed E-state index contributed by atoms with van der Waals surface area (Å²) >= 11 is 2.93. The molecule has 0 bridgehead atoms. The number of hydrazone groups is 1. The largest absolute Gasteiger partial charge is 0.481 e. The molecule has 1 N–H and O–H groups in total. The molecule has 0 aromatic heterocycles. The van der Waals surface area contributed by atoms with Crippen molar-refractivity contribution >= 4 is 27.8 Å². The first kappa shape index (κ1) is 25.3. The zero-order valence-electron chi connectivity index (χ0n) is 15.3. The average Bonchev–Trinajstić information content (AvgIpc) is 2.66. The number of nitro benzene ring substituents is 1. The number of alkyl halides is 7. The number of rotatable bonds is 8. The van der Waals surface area contributed by atoms with E-state index in [0.717, 1.165) is 18.2 Å². The van der Waals surface area contributed by atoms with Crippen LogP contribution in [0.15, 0.2) is 46.0 Å². The highest BCUT2D eigenvalue weighted by atomic mass is 79.9. The van der Waals surface area contributed by atoms with Gasteiger partial charge in [0.2, 0.25) is 5.75 Å². The lowest BCUT2D eigenvalue weighted by Gasteiger charge is -2.27. The molecule has 0 radical (unpaired) electrons. The summed E-state index contributed by atoms with van der Waals surface area (Å²) in [5.41, 5.74) is -0.615. The molecule has 32 heavy (non-hydrogen) atoms. The summed E-state index contributed by atoms with van der Waals surface area (Å²) in [6.45, 7) is -0.417. The van der Waals surface area contributed by atoms with Crippen molar-refractivity contribution in [1.82, 2.24) is 5.43 Å². The van der Waals surface area contributed by atoms with Crippen LogP contribution in [-0.2, 0) is 6.61 Å². The van der Waals surface area contributed by atoms with E-state index in [1.807, 2.05) is 0 Å². The molecule has 6 nitrogen and oxygen atoms in total. The van der Waals surface area contributed by atoms with Crippen molar-refractivity contribution in [2.45, 2.75) is 24.8 Å². The van der Waals surface area contributed by atoms with Crippen LogP contribution in [0, 0.1) is 15.9 Å². The van der Waals surface area contributed by atoms with Gasteiger partial charge in [-0.1, -0.05) is 18.2 Å². The average molecular weight is 536 g/mol. The lowest BCUT2D eigenvalue weighted by molar-refractivity contribution is -0.386. The minimum atomic E-state index is -6.56. The molecule has 0 aliphatic carbocycles. The van der Waals surface area contributed by atoms with Gasteiger partial charge in [-0.2, -0.15) is 35.8 Å². The van der Waals surface area contributed by atoms with E-state index in [0.29, 0.717) is 11.6 Å². The van der Waals surface area contributed by atoms with E-state index in [4.69, 9.17) is 4.74 Å². The van der Waals surface area contributed by atoms with Gasteiger partial charge in [0.25, 0.3) is 0 Å². The summed E-state index contributed by atoms with van der Waals surface area (Å²) < 4.78 is 107. The molecule has 2 aromatic carbocycles. The Hall–Kier alpha value is -2.97. The maximum Gasteiger partial charge on any atom is 0.462 e. The normalized spacial score (nSPS) is 12.8. The minimum absolute atomic E-state index is 0.0661. The second-order valence-corrected chi connectivity index (χ2v) is 6.86. The molecule has 2 aromatic rings. The van der Waals surface area contributed by atoms with Gasteiger partial charge in [0.15, 0.2) is 0 Å². The van der Waals surface area contributed by atoms with Crippen LogP contribution >= 0.6 is 15.9 Å². The molecule has 0 spiro atoms. The Kier molecular flexibility index (Phi) is 7.32. The summed E-state index contributed by atoms with van der Waals surface area (Å²) in [7, 11) is 0. The molecule has 2 rings (SSSR count). The first-order chi connectivity index (χ1) is 14.7. The summed E-state index contributed by atoms with van der Waals surface area (Å²) in [4.78, 5) is 10.4. The molecule has 0 amide bonds. The molecular weight excluding hydrogens is 526 g/mol. The van der Waals surface area contributed by atoms with Crippen molar-refractivity contribution in [2.75, 3.05) is 0 Å². The molecule has 0 fully saturated rings. The summed E-state index contributed by atoms with van der Waals surface area (Å²) in [6.07, 6.45) is -6.20. The van der Waals surface area contributed by atoms with E-state index >= 15 is 0 Å². The first-order valence-electron chi connectivity index (χ1n) is 8.14. The Morgan fingerprint density at radius 3 is 2.31 bits per heavy atom. The number of nitro groups is 1. The fourth-order valence-corrected chi connectivity index (χ4v) is 2.74. The minimum Gasteiger partial charge on any atom is -0.481 e. The van der Waals surface area contributed by atoms with E-state index in [-0.39, 0.29) is 21.3 Å². The number of hydrogen-bond acceptors (Lipinski definition) is 5. The number of nitrogens with zero attached hydrogens (tertiary/aromatic N) is 2. The van der Waals surface area contributed by atoms with E-state index in [1.54, 1.807) is 0 Å². The highest BCUT2D eigenvalue weighted by Gasteiger charge is 2.73. The third kappa shape index (κ3) is 5.44. The van der Waals surface area contributed by atoms with E-state index < -0.39 is 41.2 Å². The van der Waals surface area contributed by atoms with Crippen LogP contribution in [0.1, 0.15) is 11.1 Å². The maximum absolute atomic E-state index is 13.7. The van der Waals surface area contributed by atoms with Gasteiger partial charge >= 0.3 is 23.8 Å². The van der Waals surface area contributed by atoms with Gasteiger partial charge < -0.3 is 4.74 Å². The monoisotopic (exact) mass is 535 g/mol. The van der Waals surface area contributed by atoms with E-state index in [2.05, 4.69) is 21.0 Å².